The van der Waals surface area contributed by atoms with Crippen LogP contribution in [0.4, 0.5) is 5.69 Å². The van der Waals surface area contributed by atoms with Crippen molar-refractivity contribution in [3.05, 3.63) is 39.9 Å². The van der Waals surface area contributed by atoms with Crippen molar-refractivity contribution in [2.75, 3.05) is 0 Å². The summed E-state index contributed by atoms with van der Waals surface area (Å²) in [6.45, 7) is 5.67. The van der Waals surface area contributed by atoms with Gasteiger partial charge in [-0.25, -0.2) is 0 Å². The summed E-state index contributed by atoms with van der Waals surface area (Å²) in [6.07, 6.45) is 1.52. The Kier molecular flexibility index (Phi) is 3.60. The molecule has 5 heteroatoms. The Balaban J connectivity index is 2.65. The van der Waals surface area contributed by atoms with E-state index in [9.17, 15) is 10.1 Å². The molecule has 5 nitrogen and oxygen atoms in total. The smallest absolute Gasteiger partial charge is 0.269 e. The number of rotatable bonds is 3. The minimum atomic E-state index is -0.438. The molecule has 0 aliphatic heterocycles. The summed E-state index contributed by atoms with van der Waals surface area (Å²) < 4.78 is 0. The molecule has 0 aromatic heterocycles. The van der Waals surface area contributed by atoms with Gasteiger partial charge in [-0.3, -0.25) is 10.1 Å². The van der Waals surface area contributed by atoms with Crippen LogP contribution in [0, 0.1) is 10.1 Å². The van der Waals surface area contributed by atoms with Crippen LogP contribution in [0.3, 0.4) is 0 Å². The zero-order valence-electron chi connectivity index (χ0n) is 9.51. The van der Waals surface area contributed by atoms with Crippen molar-refractivity contribution in [1.29, 1.82) is 0 Å². The van der Waals surface area contributed by atoms with Gasteiger partial charge in [-0.05, 0) is 38.5 Å². The van der Waals surface area contributed by atoms with Gasteiger partial charge >= 0.3 is 0 Å². The predicted octanol–water partition coefficient (Wildman–Crippen LogP) is 2.74. The molecule has 0 aliphatic carbocycles. The Hall–Kier alpha value is -1.91. The fraction of sp³-hybridized carbons (Fsp3) is 0.364. The summed E-state index contributed by atoms with van der Waals surface area (Å²) in [4.78, 5) is 15.1. The van der Waals surface area contributed by atoms with Crippen LogP contribution in [-0.4, -0.2) is 16.7 Å². The van der Waals surface area contributed by atoms with E-state index in [0.29, 0.717) is 0 Å². The Morgan fingerprint density at radius 1 is 1.31 bits per heavy atom. The molecule has 0 atom stereocenters. The molecule has 0 saturated carbocycles. The third kappa shape index (κ3) is 4.08. The minimum absolute atomic E-state index is 0.0638. The number of hydrogen-bond acceptors (Lipinski definition) is 4. The van der Waals surface area contributed by atoms with E-state index in [0.717, 1.165) is 5.56 Å². The SMILES string of the molecule is CC(C)(C)O/N=C/c1ccc([N+](=O)[O-])cc1. The zero-order chi connectivity index (χ0) is 12.2. The first-order chi connectivity index (χ1) is 7.38. The Bertz CT molecular complexity index is 391. The maximum Gasteiger partial charge on any atom is 0.269 e. The number of nitro benzene ring substituents is 1. The van der Waals surface area contributed by atoms with Crippen molar-refractivity contribution < 1.29 is 9.76 Å². The van der Waals surface area contributed by atoms with Crippen LogP contribution in [0.15, 0.2) is 29.4 Å². The Morgan fingerprint density at radius 3 is 2.31 bits per heavy atom. The van der Waals surface area contributed by atoms with Gasteiger partial charge in [0.15, 0.2) is 0 Å². The van der Waals surface area contributed by atoms with Crippen molar-refractivity contribution in [1.82, 2.24) is 0 Å². The summed E-state index contributed by atoms with van der Waals surface area (Å²) in [6, 6.07) is 6.10. The van der Waals surface area contributed by atoms with Gasteiger partial charge in [-0.1, -0.05) is 5.16 Å². The molecular formula is C11H14N2O3. The van der Waals surface area contributed by atoms with Crippen molar-refractivity contribution in [2.24, 2.45) is 5.16 Å². The normalized spacial score (nSPS) is 11.7. The minimum Gasteiger partial charge on any atom is -0.390 e. The lowest BCUT2D eigenvalue weighted by Gasteiger charge is -2.14. The maximum absolute atomic E-state index is 10.4. The highest BCUT2D eigenvalue weighted by Gasteiger charge is 2.09. The molecule has 0 fully saturated rings. The highest BCUT2D eigenvalue weighted by Crippen LogP contribution is 2.11. The van der Waals surface area contributed by atoms with E-state index in [1.54, 1.807) is 12.1 Å². The van der Waals surface area contributed by atoms with Crippen LogP contribution >= 0.6 is 0 Å². The van der Waals surface area contributed by atoms with Gasteiger partial charge in [-0.2, -0.15) is 0 Å². The van der Waals surface area contributed by atoms with Crippen LogP contribution in [-0.2, 0) is 4.84 Å². The topological polar surface area (TPSA) is 64.7 Å². The molecule has 0 spiro atoms. The molecule has 0 amide bonds. The predicted molar refractivity (Wildman–Crippen MR) is 61.5 cm³/mol. The summed E-state index contributed by atoms with van der Waals surface area (Å²) >= 11 is 0. The van der Waals surface area contributed by atoms with Crippen LogP contribution in [0.25, 0.3) is 0 Å². The third-order valence-electron chi connectivity index (χ3n) is 1.63. The van der Waals surface area contributed by atoms with Crippen LogP contribution < -0.4 is 0 Å². The first-order valence-corrected chi connectivity index (χ1v) is 4.84. The van der Waals surface area contributed by atoms with Crippen molar-refractivity contribution in [3.63, 3.8) is 0 Å². The van der Waals surface area contributed by atoms with Crippen LogP contribution in [0.5, 0.6) is 0 Å². The molecule has 0 N–H and O–H groups in total. The summed E-state index contributed by atoms with van der Waals surface area (Å²) in [7, 11) is 0. The van der Waals surface area contributed by atoms with Gasteiger partial charge in [0, 0.05) is 12.1 Å². The first kappa shape index (κ1) is 12.2. The molecule has 0 bridgehead atoms. The second kappa shape index (κ2) is 4.74. The lowest BCUT2D eigenvalue weighted by molar-refractivity contribution is -0.384. The average molecular weight is 222 g/mol. The molecule has 0 unspecified atom stereocenters. The molecule has 1 aromatic carbocycles. The number of nitro groups is 1. The quantitative estimate of drug-likeness (QED) is 0.448. The highest BCUT2D eigenvalue weighted by atomic mass is 16.6. The van der Waals surface area contributed by atoms with E-state index in [1.165, 1.54) is 18.3 Å². The number of hydrogen-bond donors (Lipinski definition) is 0. The molecule has 16 heavy (non-hydrogen) atoms. The van der Waals surface area contributed by atoms with E-state index < -0.39 is 4.92 Å². The van der Waals surface area contributed by atoms with Gasteiger partial charge in [0.2, 0.25) is 0 Å². The van der Waals surface area contributed by atoms with E-state index in [2.05, 4.69) is 5.16 Å². The van der Waals surface area contributed by atoms with Crippen molar-refractivity contribution in [3.8, 4) is 0 Å². The number of oxime groups is 1. The van der Waals surface area contributed by atoms with Gasteiger partial charge in [0.1, 0.15) is 5.60 Å². The molecular weight excluding hydrogens is 208 g/mol. The second-order valence-electron chi connectivity index (χ2n) is 4.29. The van der Waals surface area contributed by atoms with Crippen LogP contribution in [0.1, 0.15) is 26.3 Å². The van der Waals surface area contributed by atoms with E-state index >= 15 is 0 Å². The Morgan fingerprint density at radius 2 is 1.88 bits per heavy atom. The molecule has 0 heterocycles. The summed E-state index contributed by atoms with van der Waals surface area (Å²) in [5.74, 6) is 0. The lowest BCUT2D eigenvalue weighted by Crippen LogP contribution is -2.15. The molecule has 0 aliphatic rings. The zero-order valence-corrected chi connectivity index (χ0v) is 9.51. The van der Waals surface area contributed by atoms with Gasteiger partial charge in [0.25, 0.3) is 5.69 Å². The monoisotopic (exact) mass is 222 g/mol. The molecule has 1 aromatic rings. The average Bonchev–Trinajstić information content (AvgIpc) is 2.16. The summed E-state index contributed by atoms with van der Waals surface area (Å²) in [5.41, 5.74) is 0.487. The van der Waals surface area contributed by atoms with Crippen molar-refractivity contribution in [2.45, 2.75) is 26.4 Å². The highest BCUT2D eigenvalue weighted by molar-refractivity contribution is 5.79. The third-order valence-corrected chi connectivity index (χ3v) is 1.63. The molecule has 86 valence electrons. The first-order valence-electron chi connectivity index (χ1n) is 4.84. The standard InChI is InChI=1S/C11H14N2O3/c1-11(2,3)16-12-8-9-4-6-10(7-5-9)13(14)15/h4-8H,1-3H3/b12-8+. The largest absolute Gasteiger partial charge is 0.390 e. The van der Waals surface area contributed by atoms with Gasteiger partial charge < -0.3 is 4.84 Å². The van der Waals surface area contributed by atoms with Crippen molar-refractivity contribution >= 4 is 11.9 Å². The number of nitrogens with zero attached hydrogens (tertiary/aromatic N) is 2. The van der Waals surface area contributed by atoms with Crippen LogP contribution in [0.2, 0.25) is 0 Å². The number of benzene rings is 1. The molecule has 1 rings (SSSR count). The Labute approximate surface area is 93.9 Å². The second-order valence-corrected chi connectivity index (χ2v) is 4.29. The fourth-order valence-corrected chi connectivity index (χ4v) is 0.927. The molecule has 0 radical (unpaired) electrons. The van der Waals surface area contributed by atoms with Gasteiger partial charge in [0.05, 0.1) is 11.1 Å². The lowest BCUT2D eigenvalue weighted by atomic mass is 10.2. The maximum atomic E-state index is 10.4. The summed E-state index contributed by atoms with van der Waals surface area (Å²) in [5, 5.41) is 14.2. The van der Waals surface area contributed by atoms with E-state index in [-0.39, 0.29) is 11.3 Å². The van der Waals surface area contributed by atoms with E-state index in [4.69, 9.17) is 4.84 Å². The van der Waals surface area contributed by atoms with E-state index in [1.807, 2.05) is 20.8 Å². The molecule has 0 saturated heterocycles. The fourth-order valence-electron chi connectivity index (χ4n) is 0.927. The van der Waals surface area contributed by atoms with Gasteiger partial charge in [-0.15, -0.1) is 0 Å². The number of non-ortho nitro benzene ring substituents is 1.